The van der Waals surface area contributed by atoms with Gasteiger partial charge in [0.15, 0.2) is 5.75 Å². The molecule has 66 heavy (non-hydrogen) atoms. The first kappa shape index (κ1) is 56.0. The predicted molar refractivity (Wildman–Crippen MR) is 242 cm³/mol. The van der Waals surface area contributed by atoms with Crippen molar-refractivity contribution in [1.29, 1.82) is 0 Å². The monoisotopic (exact) mass is 963 g/mol. The van der Waals surface area contributed by atoms with Crippen LogP contribution in [0.25, 0.3) is 0 Å². The van der Waals surface area contributed by atoms with E-state index < -0.39 is 71.0 Å². The number of aromatic hydroxyl groups is 1. The summed E-state index contributed by atoms with van der Waals surface area (Å²) in [5.74, 6) is -1.03. The fraction of sp³-hybridized carbons (Fsp3) is 0.381. The first-order chi connectivity index (χ1) is 30.9. The number of rotatable bonds is 21. The van der Waals surface area contributed by atoms with Crippen LogP contribution in [0, 0.1) is 30.3 Å². The van der Waals surface area contributed by atoms with Gasteiger partial charge in [0.1, 0.15) is 24.4 Å². The molecular formula is C42H55N5O17P2. The SMILES string of the molecule is COP(=O)(Cc1ccc(CO)cc1)N[C@@H](C)C(=O)OC(C)C.COP(=O)(Cc1ccc(COc2ccc([N+](=O)[O-])cc2)cc1)N[C@@H](C)C(=O)OC(C)C.O=[N+]([O-])c1ccc(O)c([N+](=O)[O-])c1. The number of nitro groups is 3. The molecule has 0 spiro atoms. The molecule has 0 radical (unpaired) electrons. The summed E-state index contributed by atoms with van der Waals surface area (Å²) in [7, 11) is -3.84. The van der Waals surface area contributed by atoms with E-state index in [1.54, 1.807) is 90.1 Å². The van der Waals surface area contributed by atoms with E-state index in [0.717, 1.165) is 34.4 Å². The van der Waals surface area contributed by atoms with Gasteiger partial charge in [-0.05, 0) is 82.0 Å². The number of phenols is 1. The second kappa shape index (κ2) is 26.7. The molecule has 0 saturated heterocycles. The van der Waals surface area contributed by atoms with E-state index in [-0.39, 0.29) is 43.4 Å². The van der Waals surface area contributed by atoms with Crippen LogP contribution in [0.3, 0.4) is 0 Å². The average molecular weight is 964 g/mol. The molecular weight excluding hydrogens is 908 g/mol. The largest absolute Gasteiger partial charge is 0.502 e. The minimum atomic E-state index is -3.30. The minimum absolute atomic E-state index is 0.000304. The molecule has 4 aromatic rings. The first-order valence-electron chi connectivity index (χ1n) is 19.9. The second-order valence-corrected chi connectivity index (χ2v) is 19.3. The van der Waals surface area contributed by atoms with Crippen molar-refractivity contribution in [3.63, 3.8) is 0 Å². The quantitative estimate of drug-likeness (QED) is 0.0265. The van der Waals surface area contributed by atoms with Gasteiger partial charge in [-0.15, -0.1) is 0 Å². The van der Waals surface area contributed by atoms with Gasteiger partial charge in [-0.3, -0.25) is 49.1 Å². The number of benzene rings is 4. The van der Waals surface area contributed by atoms with E-state index in [1.165, 1.54) is 26.4 Å². The zero-order valence-corrected chi connectivity index (χ0v) is 39.3. The van der Waals surface area contributed by atoms with Crippen molar-refractivity contribution >= 4 is 44.0 Å². The van der Waals surface area contributed by atoms with Gasteiger partial charge in [0.05, 0.1) is 52.0 Å². The number of non-ortho nitro benzene ring substituents is 2. The van der Waals surface area contributed by atoms with Crippen LogP contribution in [0.2, 0.25) is 0 Å². The molecule has 0 aliphatic carbocycles. The number of phenolic OH excluding ortho intramolecular Hbond substituents is 1. The van der Waals surface area contributed by atoms with Gasteiger partial charge >= 0.3 is 17.6 Å². The van der Waals surface area contributed by atoms with Crippen molar-refractivity contribution in [3.05, 3.63) is 144 Å². The number of hydrogen-bond acceptors (Lipinski definition) is 17. The zero-order chi connectivity index (χ0) is 49.8. The Bertz CT molecular complexity index is 2330. The maximum Gasteiger partial charge on any atom is 0.323 e. The standard InChI is InChI=1S/C21H27N2O7P.C15H24NO5P.C6H4N2O5/c1-15(2)30-21(24)16(3)22-31(27,28-4)14-18-7-5-17(6-8-18)13-29-20-11-9-19(10-12-20)23(25)26;1-11(2)21-15(18)12(3)16-22(19,20-4)10-14-7-5-13(9-17)6-8-14;9-6-2-1-4(7(10)11)3-5(6)8(12)13/h5-12,15-16H,13-14H2,1-4H3,(H,22,27);5-8,11-12,17H,9-10H2,1-4H3,(H,16,19);1-3,9H/t16-,31?;12-,22?;/m00./s1. The van der Waals surface area contributed by atoms with E-state index in [4.69, 9.17) is 33.5 Å². The van der Waals surface area contributed by atoms with E-state index in [2.05, 4.69) is 10.2 Å². The molecule has 0 aromatic heterocycles. The Hall–Kier alpha value is -6.12. The van der Waals surface area contributed by atoms with E-state index in [0.29, 0.717) is 11.8 Å². The Morgan fingerprint density at radius 3 is 1.36 bits per heavy atom. The maximum atomic E-state index is 13.0. The Balaban J connectivity index is 0.000000371. The van der Waals surface area contributed by atoms with Crippen LogP contribution in [-0.2, 0) is 62.8 Å². The molecule has 0 saturated carbocycles. The molecule has 0 bridgehead atoms. The molecule has 4 atom stereocenters. The summed E-state index contributed by atoms with van der Waals surface area (Å²) in [5, 5.41) is 54.5. The second-order valence-electron chi connectivity index (χ2n) is 14.7. The van der Waals surface area contributed by atoms with Crippen LogP contribution >= 0.6 is 15.0 Å². The highest BCUT2D eigenvalue weighted by Gasteiger charge is 2.30. The van der Waals surface area contributed by atoms with Crippen molar-refractivity contribution in [2.75, 3.05) is 14.2 Å². The van der Waals surface area contributed by atoms with Crippen LogP contribution in [-0.4, -0.2) is 75.4 Å². The molecule has 22 nitrogen and oxygen atoms in total. The Kier molecular flexibility index (Phi) is 22.7. The maximum absolute atomic E-state index is 13.0. The van der Waals surface area contributed by atoms with Gasteiger partial charge in [0, 0.05) is 32.4 Å². The van der Waals surface area contributed by atoms with Crippen molar-refractivity contribution in [3.8, 4) is 11.5 Å². The third-order valence-electron chi connectivity index (χ3n) is 8.61. The number of nitrogens with zero attached hydrogens (tertiary/aromatic N) is 3. The summed E-state index contributed by atoms with van der Waals surface area (Å²) in [4.78, 5) is 52.7. The normalized spacial score (nSPS) is 13.6. The van der Waals surface area contributed by atoms with Crippen molar-refractivity contribution in [2.45, 2.75) is 91.4 Å². The van der Waals surface area contributed by atoms with Crippen LogP contribution in [0.4, 0.5) is 17.1 Å². The zero-order valence-electron chi connectivity index (χ0n) is 37.6. The molecule has 0 aliphatic heterocycles. The fourth-order valence-corrected chi connectivity index (χ4v) is 8.69. The summed E-state index contributed by atoms with van der Waals surface area (Å²) in [5.41, 5.74) is 2.10. The molecule has 0 amide bonds. The number of carbonyl (C=O) groups is 2. The summed E-state index contributed by atoms with van der Waals surface area (Å²) >= 11 is 0. The molecule has 4 aromatic carbocycles. The van der Waals surface area contributed by atoms with Gasteiger partial charge in [0.25, 0.3) is 26.4 Å². The lowest BCUT2D eigenvalue weighted by Crippen LogP contribution is -2.35. The Labute approximate surface area is 381 Å². The van der Waals surface area contributed by atoms with Crippen LogP contribution in [0.1, 0.15) is 63.8 Å². The van der Waals surface area contributed by atoms with E-state index in [9.17, 15) is 49.1 Å². The number of nitrogens with one attached hydrogen (secondary N) is 2. The highest BCUT2D eigenvalue weighted by Crippen LogP contribution is 2.46. The molecule has 24 heteroatoms. The van der Waals surface area contributed by atoms with Gasteiger partial charge in [-0.25, -0.2) is 10.2 Å². The highest BCUT2D eigenvalue weighted by atomic mass is 31.2. The summed E-state index contributed by atoms with van der Waals surface area (Å²) in [6.07, 6.45) is -0.245. The lowest BCUT2D eigenvalue weighted by Gasteiger charge is -2.22. The average Bonchev–Trinajstić information content (AvgIpc) is 3.26. The minimum Gasteiger partial charge on any atom is -0.502 e. The molecule has 4 rings (SSSR count). The van der Waals surface area contributed by atoms with E-state index >= 15 is 0 Å². The molecule has 0 aliphatic rings. The Morgan fingerprint density at radius 1 is 0.606 bits per heavy atom. The number of aliphatic hydroxyl groups excluding tert-OH is 1. The number of nitro benzene ring substituents is 3. The topological polar surface area (TPSA) is 308 Å². The summed E-state index contributed by atoms with van der Waals surface area (Å²) in [6, 6.07) is 21.3. The third kappa shape index (κ3) is 19.5. The lowest BCUT2D eigenvalue weighted by molar-refractivity contribution is -0.394. The highest BCUT2D eigenvalue weighted by molar-refractivity contribution is 7.56. The number of ether oxygens (including phenoxy) is 3. The van der Waals surface area contributed by atoms with E-state index in [1.807, 2.05) is 12.1 Å². The number of esters is 2. The van der Waals surface area contributed by atoms with Crippen LogP contribution < -0.4 is 14.9 Å². The summed E-state index contributed by atoms with van der Waals surface area (Å²) in [6.45, 7) is 10.4. The molecule has 4 N–H and O–H groups in total. The summed E-state index contributed by atoms with van der Waals surface area (Å²) < 4.78 is 51.9. The number of aliphatic hydroxyl groups is 1. The van der Waals surface area contributed by atoms with Crippen molar-refractivity contribution < 1.29 is 67.0 Å². The van der Waals surface area contributed by atoms with Gasteiger partial charge in [-0.1, -0.05) is 48.5 Å². The predicted octanol–water partition coefficient (Wildman–Crippen LogP) is 8.10. The molecule has 0 fully saturated rings. The molecule has 0 heterocycles. The molecule has 360 valence electrons. The number of carbonyl (C=O) groups excluding carboxylic acids is 2. The van der Waals surface area contributed by atoms with Crippen LogP contribution in [0.15, 0.2) is 91.0 Å². The smallest absolute Gasteiger partial charge is 0.323 e. The van der Waals surface area contributed by atoms with Crippen molar-refractivity contribution in [2.24, 2.45) is 0 Å². The third-order valence-corrected chi connectivity index (χ3v) is 12.9. The van der Waals surface area contributed by atoms with Crippen molar-refractivity contribution in [1.82, 2.24) is 10.2 Å². The van der Waals surface area contributed by atoms with Gasteiger partial charge in [-0.2, -0.15) is 0 Å². The van der Waals surface area contributed by atoms with Crippen LogP contribution in [0.5, 0.6) is 11.5 Å². The van der Waals surface area contributed by atoms with Gasteiger partial charge < -0.3 is 33.5 Å². The fourth-order valence-electron chi connectivity index (χ4n) is 5.26. The Morgan fingerprint density at radius 2 is 1.00 bits per heavy atom. The molecule has 2 unspecified atom stereocenters. The first-order valence-corrected chi connectivity index (χ1v) is 23.6. The lowest BCUT2D eigenvalue weighted by atomic mass is 10.2. The van der Waals surface area contributed by atoms with Gasteiger partial charge in [0.2, 0.25) is 0 Å². The number of hydrogen-bond donors (Lipinski definition) is 4.